The fourth-order valence-electron chi connectivity index (χ4n) is 8.14. The van der Waals surface area contributed by atoms with Crippen LogP contribution >= 0.6 is 0 Å². The summed E-state index contributed by atoms with van der Waals surface area (Å²) in [7, 11) is 0. The Hall–Kier alpha value is -6.90. The van der Waals surface area contributed by atoms with Crippen molar-refractivity contribution in [1.82, 2.24) is 0 Å². The standard InChI is InChI=1S/C52H37NO/c1-3-13-36(14-4-1)40-19-10-23-45(32-40)53(44-21-5-2-6-22-44)46-24-11-20-41(33-46)38-17-9-18-39(31-38)42-27-29-51-49(34-42)50-35-43(28-30-52(50)54-51)48-26-12-16-37-15-7-8-25-47(37)48/h1-31,33-35,45H,32H2. The predicted octanol–water partition coefficient (Wildman–Crippen LogP) is 14.3. The third-order valence-electron chi connectivity index (χ3n) is 10.8. The quantitative estimate of drug-likeness (QED) is 0.165. The highest BCUT2D eigenvalue weighted by Crippen LogP contribution is 2.39. The first-order valence-electron chi connectivity index (χ1n) is 18.7. The molecule has 2 heteroatoms. The molecule has 0 radical (unpaired) electrons. The molecule has 256 valence electrons. The lowest BCUT2D eigenvalue weighted by Crippen LogP contribution is -2.30. The van der Waals surface area contributed by atoms with Gasteiger partial charge in [-0.05, 0) is 116 Å². The molecule has 1 unspecified atom stereocenters. The second-order valence-corrected chi connectivity index (χ2v) is 14.1. The molecular formula is C52H37NO. The lowest BCUT2D eigenvalue weighted by Gasteiger charge is -2.34. The molecule has 1 heterocycles. The number of hydrogen-bond donors (Lipinski definition) is 0. The number of nitrogens with zero attached hydrogens (tertiary/aromatic N) is 1. The van der Waals surface area contributed by atoms with Gasteiger partial charge < -0.3 is 9.32 Å². The van der Waals surface area contributed by atoms with E-state index < -0.39 is 0 Å². The van der Waals surface area contributed by atoms with Crippen LogP contribution in [0.1, 0.15) is 12.0 Å². The van der Waals surface area contributed by atoms with Crippen LogP contribution in [0.4, 0.5) is 11.4 Å². The van der Waals surface area contributed by atoms with Gasteiger partial charge in [0.2, 0.25) is 0 Å². The van der Waals surface area contributed by atoms with Crippen LogP contribution in [-0.4, -0.2) is 6.04 Å². The van der Waals surface area contributed by atoms with Crippen LogP contribution in [0.2, 0.25) is 0 Å². The van der Waals surface area contributed by atoms with E-state index in [2.05, 4.69) is 211 Å². The molecule has 1 aliphatic rings. The lowest BCUT2D eigenvalue weighted by atomic mass is 9.92. The van der Waals surface area contributed by atoms with Crippen LogP contribution in [0, 0.1) is 0 Å². The van der Waals surface area contributed by atoms with E-state index >= 15 is 0 Å². The molecule has 2 nitrogen and oxygen atoms in total. The Morgan fingerprint density at radius 2 is 1.00 bits per heavy atom. The van der Waals surface area contributed by atoms with Crippen molar-refractivity contribution in [1.29, 1.82) is 0 Å². The molecule has 0 bridgehead atoms. The van der Waals surface area contributed by atoms with Crippen molar-refractivity contribution < 1.29 is 4.42 Å². The van der Waals surface area contributed by atoms with Crippen molar-refractivity contribution in [2.75, 3.05) is 4.90 Å². The molecule has 0 aliphatic heterocycles. The second kappa shape index (κ2) is 13.6. The number of benzene rings is 8. The molecule has 1 atom stereocenters. The first-order valence-corrected chi connectivity index (χ1v) is 18.7. The number of hydrogen-bond acceptors (Lipinski definition) is 2. The molecule has 1 aromatic heterocycles. The Labute approximate surface area is 315 Å². The van der Waals surface area contributed by atoms with Crippen LogP contribution < -0.4 is 4.90 Å². The monoisotopic (exact) mass is 691 g/mol. The Morgan fingerprint density at radius 1 is 0.426 bits per heavy atom. The minimum atomic E-state index is 0.173. The maximum Gasteiger partial charge on any atom is 0.135 e. The zero-order chi connectivity index (χ0) is 35.8. The van der Waals surface area contributed by atoms with Gasteiger partial charge in [0.05, 0.1) is 6.04 Å². The van der Waals surface area contributed by atoms with Crippen molar-refractivity contribution in [2.45, 2.75) is 12.5 Å². The molecule has 9 aromatic rings. The topological polar surface area (TPSA) is 16.4 Å². The van der Waals surface area contributed by atoms with Gasteiger partial charge in [0.1, 0.15) is 11.2 Å². The largest absolute Gasteiger partial charge is 0.456 e. The van der Waals surface area contributed by atoms with Gasteiger partial charge >= 0.3 is 0 Å². The predicted molar refractivity (Wildman–Crippen MR) is 228 cm³/mol. The Balaban J connectivity index is 1.00. The molecule has 0 saturated heterocycles. The third-order valence-corrected chi connectivity index (χ3v) is 10.8. The number of para-hydroxylation sites is 1. The highest BCUT2D eigenvalue weighted by Gasteiger charge is 2.23. The Bertz CT molecular complexity index is 2860. The molecule has 54 heavy (non-hydrogen) atoms. The average molecular weight is 692 g/mol. The van der Waals surface area contributed by atoms with Gasteiger partial charge in [-0.3, -0.25) is 0 Å². The summed E-state index contributed by atoms with van der Waals surface area (Å²) in [5.74, 6) is 0. The molecule has 0 saturated carbocycles. The minimum absolute atomic E-state index is 0.173. The van der Waals surface area contributed by atoms with Gasteiger partial charge in [0, 0.05) is 22.1 Å². The molecule has 0 amide bonds. The number of rotatable bonds is 7. The fraction of sp³-hybridized carbons (Fsp3) is 0.0385. The van der Waals surface area contributed by atoms with Crippen LogP contribution in [-0.2, 0) is 0 Å². The summed E-state index contributed by atoms with van der Waals surface area (Å²) in [4.78, 5) is 2.48. The van der Waals surface area contributed by atoms with Crippen LogP contribution in [0.3, 0.4) is 0 Å². The summed E-state index contributed by atoms with van der Waals surface area (Å²) >= 11 is 0. The van der Waals surface area contributed by atoms with Gasteiger partial charge in [-0.15, -0.1) is 0 Å². The zero-order valence-corrected chi connectivity index (χ0v) is 29.8. The van der Waals surface area contributed by atoms with Gasteiger partial charge in [0.15, 0.2) is 0 Å². The van der Waals surface area contributed by atoms with Crippen molar-refractivity contribution >= 4 is 49.7 Å². The smallest absolute Gasteiger partial charge is 0.135 e. The van der Waals surface area contributed by atoms with Crippen molar-refractivity contribution in [3.63, 3.8) is 0 Å². The van der Waals surface area contributed by atoms with E-state index in [1.54, 1.807) is 0 Å². The first-order chi connectivity index (χ1) is 26.7. The van der Waals surface area contributed by atoms with Gasteiger partial charge in [0.25, 0.3) is 0 Å². The summed E-state index contributed by atoms with van der Waals surface area (Å²) in [5.41, 5.74) is 13.9. The summed E-state index contributed by atoms with van der Waals surface area (Å²) in [5, 5.41) is 4.75. The van der Waals surface area contributed by atoms with Gasteiger partial charge in [-0.25, -0.2) is 0 Å². The lowest BCUT2D eigenvalue weighted by molar-refractivity contribution is 0.669. The molecule has 10 rings (SSSR count). The first kappa shape index (κ1) is 31.8. The van der Waals surface area contributed by atoms with Crippen molar-refractivity contribution in [3.05, 3.63) is 212 Å². The SMILES string of the molecule is C1=CC(N(c2ccccc2)c2cccc(-c3cccc(-c4ccc5oc6ccc(-c7cccc8ccccc78)cc6c5c4)c3)c2)CC(c2ccccc2)=C1. The number of furan rings is 1. The minimum Gasteiger partial charge on any atom is -0.456 e. The van der Waals surface area contributed by atoms with E-state index in [9.17, 15) is 0 Å². The van der Waals surface area contributed by atoms with Crippen molar-refractivity contribution in [3.8, 4) is 33.4 Å². The van der Waals surface area contributed by atoms with Crippen LogP contribution in [0.5, 0.6) is 0 Å². The van der Waals surface area contributed by atoms with E-state index in [4.69, 9.17) is 4.42 Å². The van der Waals surface area contributed by atoms with E-state index in [0.717, 1.165) is 33.9 Å². The molecule has 0 spiro atoms. The Morgan fingerprint density at radius 3 is 1.80 bits per heavy atom. The maximum atomic E-state index is 6.36. The molecule has 1 aliphatic carbocycles. The average Bonchev–Trinajstić information content (AvgIpc) is 3.62. The Kier molecular flexibility index (Phi) is 8.00. The van der Waals surface area contributed by atoms with Gasteiger partial charge in [-0.1, -0.05) is 152 Å². The summed E-state index contributed by atoms with van der Waals surface area (Å²) in [6.07, 6.45) is 7.71. The fourth-order valence-corrected chi connectivity index (χ4v) is 8.14. The molecule has 0 N–H and O–H groups in total. The zero-order valence-electron chi connectivity index (χ0n) is 29.8. The number of fused-ring (bicyclic) bond motifs is 4. The highest BCUT2D eigenvalue weighted by molar-refractivity contribution is 6.09. The van der Waals surface area contributed by atoms with Gasteiger partial charge in [-0.2, -0.15) is 0 Å². The normalized spacial score (nSPS) is 14.1. The summed E-state index contributed by atoms with van der Waals surface area (Å²) in [6, 6.07) is 67.8. The molecule has 0 fully saturated rings. The summed E-state index contributed by atoms with van der Waals surface area (Å²) in [6.45, 7) is 0. The molecular weight excluding hydrogens is 655 g/mol. The van der Waals surface area contributed by atoms with Crippen LogP contribution in [0.25, 0.3) is 71.7 Å². The van der Waals surface area contributed by atoms with E-state index in [1.165, 1.54) is 61.1 Å². The number of allylic oxidation sites excluding steroid dienone is 2. The third kappa shape index (κ3) is 5.88. The van der Waals surface area contributed by atoms with E-state index in [-0.39, 0.29) is 6.04 Å². The van der Waals surface area contributed by atoms with Crippen LogP contribution in [0.15, 0.2) is 211 Å². The van der Waals surface area contributed by atoms with Crippen molar-refractivity contribution in [2.24, 2.45) is 0 Å². The highest BCUT2D eigenvalue weighted by atomic mass is 16.3. The maximum absolute atomic E-state index is 6.36. The molecule has 8 aromatic carbocycles. The second-order valence-electron chi connectivity index (χ2n) is 14.1. The van der Waals surface area contributed by atoms with E-state index in [0.29, 0.717) is 0 Å². The summed E-state index contributed by atoms with van der Waals surface area (Å²) < 4.78 is 6.36. The van der Waals surface area contributed by atoms with E-state index in [1.807, 2.05) is 0 Å². The number of anilines is 2.